The molecule has 0 aromatic heterocycles. The fraction of sp³-hybridized carbons (Fsp3) is 0.600. The van der Waals surface area contributed by atoms with Crippen molar-refractivity contribution >= 4 is 23.4 Å². The second-order valence-electron chi connectivity index (χ2n) is 6.95. The summed E-state index contributed by atoms with van der Waals surface area (Å²) in [5.41, 5.74) is 2.23. The first-order chi connectivity index (χ1) is 12.4. The fourth-order valence-corrected chi connectivity index (χ4v) is 3.23. The van der Waals surface area contributed by atoms with Crippen molar-refractivity contribution in [1.82, 2.24) is 10.2 Å². The van der Waals surface area contributed by atoms with Crippen LogP contribution in [0.4, 0.5) is 0 Å². The number of aryl methyl sites for hydroxylation is 2. The number of carbonyl (C=O) groups is 2. The van der Waals surface area contributed by atoms with Gasteiger partial charge in [0.1, 0.15) is 11.1 Å². The monoisotopic (exact) mass is 380 g/mol. The summed E-state index contributed by atoms with van der Waals surface area (Å²) in [6.07, 6.45) is 2.74. The molecule has 0 spiro atoms. The van der Waals surface area contributed by atoms with Gasteiger partial charge in [-0.3, -0.25) is 9.59 Å². The van der Waals surface area contributed by atoms with Crippen molar-refractivity contribution in [3.8, 4) is 5.75 Å². The van der Waals surface area contributed by atoms with Gasteiger partial charge in [-0.1, -0.05) is 18.2 Å². The zero-order valence-electron chi connectivity index (χ0n) is 15.9. The van der Waals surface area contributed by atoms with Gasteiger partial charge in [-0.2, -0.15) is 0 Å². The molecule has 5 nitrogen and oxygen atoms in total. The lowest BCUT2D eigenvalue weighted by atomic mass is 10.0. The standard InChI is InChI=1S/C20H29ClN2O3/c1-14-6-4-7-15(2)19(14)26-13-5-8-18(24)23-11-9-17(10-12-23)22-20(25)16(3)21/h4,6-7,16-17H,5,8-13H2,1-3H3,(H,22,25). The van der Waals surface area contributed by atoms with Crippen LogP contribution in [0.2, 0.25) is 0 Å². The molecule has 144 valence electrons. The second kappa shape index (κ2) is 9.81. The van der Waals surface area contributed by atoms with E-state index in [1.54, 1.807) is 6.92 Å². The highest BCUT2D eigenvalue weighted by Gasteiger charge is 2.24. The number of hydrogen-bond donors (Lipinski definition) is 1. The van der Waals surface area contributed by atoms with Crippen molar-refractivity contribution in [1.29, 1.82) is 0 Å². The van der Waals surface area contributed by atoms with Crippen molar-refractivity contribution in [2.45, 2.75) is 57.9 Å². The van der Waals surface area contributed by atoms with Gasteiger partial charge in [0.15, 0.2) is 0 Å². The minimum Gasteiger partial charge on any atom is -0.493 e. The van der Waals surface area contributed by atoms with E-state index in [1.807, 2.05) is 36.9 Å². The van der Waals surface area contributed by atoms with Crippen LogP contribution in [0.15, 0.2) is 18.2 Å². The molecule has 1 aliphatic rings. The minimum atomic E-state index is -0.522. The smallest absolute Gasteiger partial charge is 0.237 e. The maximum atomic E-state index is 12.3. The summed E-state index contributed by atoms with van der Waals surface area (Å²) in [5, 5.41) is 2.41. The third kappa shape index (κ3) is 5.90. The molecule has 6 heteroatoms. The zero-order chi connectivity index (χ0) is 19.1. The summed E-state index contributed by atoms with van der Waals surface area (Å²) >= 11 is 5.77. The fourth-order valence-electron chi connectivity index (χ4n) is 3.17. The van der Waals surface area contributed by atoms with E-state index in [-0.39, 0.29) is 17.9 Å². The number of hydrogen-bond acceptors (Lipinski definition) is 3. The summed E-state index contributed by atoms with van der Waals surface area (Å²) < 4.78 is 5.86. The Bertz CT molecular complexity index is 605. The number of carbonyl (C=O) groups excluding carboxylic acids is 2. The van der Waals surface area contributed by atoms with E-state index >= 15 is 0 Å². The molecular formula is C20H29ClN2O3. The van der Waals surface area contributed by atoms with E-state index < -0.39 is 5.38 Å². The molecular weight excluding hydrogens is 352 g/mol. The number of benzene rings is 1. The van der Waals surface area contributed by atoms with Crippen LogP contribution in [-0.4, -0.2) is 47.8 Å². The van der Waals surface area contributed by atoms with E-state index in [9.17, 15) is 9.59 Å². The molecule has 1 aromatic carbocycles. The number of alkyl halides is 1. The molecule has 0 radical (unpaired) electrons. The van der Waals surface area contributed by atoms with Crippen molar-refractivity contribution in [2.24, 2.45) is 0 Å². The lowest BCUT2D eigenvalue weighted by Crippen LogP contribution is -2.47. The summed E-state index contributed by atoms with van der Waals surface area (Å²) in [4.78, 5) is 25.9. The van der Waals surface area contributed by atoms with Crippen LogP contribution in [0.3, 0.4) is 0 Å². The first-order valence-electron chi connectivity index (χ1n) is 9.29. The number of nitrogens with one attached hydrogen (secondary N) is 1. The van der Waals surface area contributed by atoms with Gasteiger partial charge in [-0.05, 0) is 51.2 Å². The van der Waals surface area contributed by atoms with Crippen LogP contribution in [0.5, 0.6) is 5.75 Å². The molecule has 1 aromatic rings. The van der Waals surface area contributed by atoms with Gasteiger partial charge >= 0.3 is 0 Å². The molecule has 26 heavy (non-hydrogen) atoms. The van der Waals surface area contributed by atoms with Gasteiger partial charge in [0.05, 0.1) is 6.61 Å². The highest BCUT2D eigenvalue weighted by atomic mass is 35.5. The number of rotatable bonds is 7. The topological polar surface area (TPSA) is 58.6 Å². The molecule has 0 bridgehead atoms. The van der Waals surface area contributed by atoms with Gasteiger partial charge in [0.25, 0.3) is 0 Å². The summed E-state index contributed by atoms with van der Waals surface area (Å²) in [6, 6.07) is 6.18. The molecule has 1 saturated heterocycles. The SMILES string of the molecule is Cc1cccc(C)c1OCCCC(=O)N1CCC(NC(=O)C(C)Cl)CC1. The average Bonchev–Trinajstić information content (AvgIpc) is 2.61. The van der Waals surface area contributed by atoms with Crippen molar-refractivity contribution < 1.29 is 14.3 Å². The minimum absolute atomic E-state index is 0.111. The Morgan fingerprint density at radius 3 is 2.46 bits per heavy atom. The molecule has 1 atom stereocenters. The predicted molar refractivity (Wildman–Crippen MR) is 104 cm³/mol. The Hall–Kier alpha value is -1.75. The molecule has 1 aliphatic heterocycles. The number of para-hydroxylation sites is 1. The lowest BCUT2D eigenvalue weighted by molar-refractivity contribution is -0.132. The van der Waals surface area contributed by atoms with Crippen LogP contribution in [-0.2, 0) is 9.59 Å². The molecule has 1 unspecified atom stereocenters. The molecule has 2 amide bonds. The molecule has 1 fully saturated rings. The van der Waals surface area contributed by atoms with E-state index in [0.29, 0.717) is 32.5 Å². The number of ether oxygens (including phenoxy) is 1. The number of nitrogens with zero attached hydrogens (tertiary/aromatic N) is 1. The number of amides is 2. The maximum Gasteiger partial charge on any atom is 0.237 e. The van der Waals surface area contributed by atoms with Gasteiger partial charge in [0.2, 0.25) is 11.8 Å². The first-order valence-corrected chi connectivity index (χ1v) is 9.73. The van der Waals surface area contributed by atoms with Crippen LogP contribution in [0, 0.1) is 13.8 Å². The quantitative estimate of drug-likeness (QED) is 0.583. The Labute approximate surface area is 161 Å². The second-order valence-corrected chi connectivity index (χ2v) is 7.61. The van der Waals surface area contributed by atoms with E-state index in [1.165, 1.54) is 0 Å². The maximum absolute atomic E-state index is 12.3. The Morgan fingerprint density at radius 1 is 1.27 bits per heavy atom. The highest BCUT2D eigenvalue weighted by Crippen LogP contribution is 2.22. The first kappa shape index (κ1) is 20.6. The van der Waals surface area contributed by atoms with Crippen LogP contribution in [0.25, 0.3) is 0 Å². The summed E-state index contributed by atoms with van der Waals surface area (Å²) in [7, 11) is 0. The molecule has 1 heterocycles. The Kier molecular flexibility index (Phi) is 7.76. The average molecular weight is 381 g/mol. The van der Waals surface area contributed by atoms with Crippen LogP contribution in [0.1, 0.15) is 43.7 Å². The normalized spacial score (nSPS) is 16.2. The zero-order valence-corrected chi connectivity index (χ0v) is 16.6. The van der Waals surface area contributed by atoms with Crippen LogP contribution < -0.4 is 10.1 Å². The van der Waals surface area contributed by atoms with E-state index in [2.05, 4.69) is 5.32 Å². The predicted octanol–water partition coefficient (Wildman–Crippen LogP) is 3.20. The van der Waals surface area contributed by atoms with Crippen LogP contribution >= 0.6 is 11.6 Å². The van der Waals surface area contributed by atoms with Crippen molar-refractivity contribution in [2.75, 3.05) is 19.7 Å². The molecule has 0 saturated carbocycles. The van der Waals surface area contributed by atoms with E-state index in [4.69, 9.17) is 16.3 Å². The largest absolute Gasteiger partial charge is 0.493 e. The number of halogens is 1. The number of likely N-dealkylation sites (tertiary alicyclic amines) is 1. The van der Waals surface area contributed by atoms with Gasteiger partial charge in [0, 0.05) is 25.6 Å². The molecule has 0 aliphatic carbocycles. The summed E-state index contributed by atoms with van der Waals surface area (Å²) in [6.45, 7) is 7.62. The van der Waals surface area contributed by atoms with Crippen molar-refractivity contribution in [3.63, 3.8) is 0 Å². The third-order valence-corrected chi connectivity index (χ3v) is 4.94. The molecule has 1 N–H and O–H groups in total. The summed E-state index contributed by atoms with van der Waals surface area (Å²) in [5.74, 6) is 0.940. The van der Waals surface area contributed by atoms with Gasteiger partial charge < -0.3 is 15.0 Å². The van der Waals surface area contributed by atoms with Gasteiger partial charge in [-0.25, -0.2) is 0 Å². The Balaban J connectivity index is 1.67. The number of piperidine rings is 1. The van der Waals surface area contributed by atoms with Crippen molar-refractivity contribution in [3.05, 3.63) is 29.3 Å². The third-order valence-electron chi connectivity index (χ3n) is 4.75. The lowest BCUT2D eigenvalue weighted by Gasteiger charge is -2.32. The van der Waals surface area contributed by atoms with E-state index in [0.717, 1.165) is 29.7 Å². The molecule has 2 rings (SSSR count). The highest BCUT2D eigenvalue weighted by molar-refractivity contribution is 6.30. The van der Waals surface area contributed by atoms with Gasteiger partial charge in [-0.15, -0.1) is 11.6 Å². The Morgan fingerprint density at radius 2 is 1.88 bits per heavy atom.